The van der Waals surface area contributed by atoms with Crippen molar-refractivity contribution in [2.75, 3.05) is 4.90 Å². The molecule has 1 nitrogen and oxygen atoms in total. The minimum atomic E-state index is -0.0731. The molecule has 9 aromatic rings. The molecule has 0 N–H and O–H groups in total. The van der Waals surface area contributed by atoms with Crippen LogP contribution in [0.15, 0.2) is 224 Å². The van der Waals surface area contributed by atoms with Crippen LogP contribution < -0.4 is 4.90 Å². The maximum absolute atomic E-state index is 2.46. The van der Waals surface area contributed by atoms with Crippen LogP contribution in [-0.2, 0) is 5.41 Å². The normalized spacial score (nSPS) is 12.5. The molecule has 0 radical (unpaired) electrons. The number of nitrogens with zero attached hydrogens (tertiary/aromatic N) is 1. The molecule has 0 heterocycles. The summed E-state index contributed by atoms with van der Waals surface area (Å²) >= 11 is 0. The fraction of sp³-hybridized carbons (Fsp3) is 0.0820. The van der Waals surface area contributed by atoms with Crippen LogP contribution in [0.4, 0.5) is 17.1 Å². The average Bonchev–Trinajstić information content (AvgIpc) is 3.63. The zero-order chi connectivity index (χ0) is 41.9. The van der Waals surface area contributed by atoms with Gasteiger partial charge in [-0.05, 0) is 133 Å². The van der Waals surface area contributed by atoms with Gasteiger partial charge in [-0.3, -0.25) is 0 Å². The zero-order valence-corrected chi connectivity index (χ0v) is 35.4. The first kappa shape index (κ1) is 38.7. The van der Waals surface area contributed by atoms with E-state index in [2.05, 4.69) is 255 Å². The molecule has 0 fully saturated rings. The molecule has 0 amide bonds. The van der Waals surface area contributed by atoms with Gasteiger partial charge in [0, 0.05) is 22.5 Å². The molecule has 0 unspecified atom stereocenters. The first-order chi connectivity index (χ1) is 30.6. The van der Waals surface area contributed by atoms with Crippen LogP contribution in [0.25, 0.3) is 67.8 Å². The lowest BCUT2D eigenvalue weighted by Crippen LogP contribution is -2.23. The summed E-state index contributed by atoms with van der Waals surface area (Å²) in [6.45, 7) is 4.71. The van der Waals surface area contributed by atoms with Gasteiger partial charge in [0.25, 0.3) is 0 Å². The predicted octanol–water partition coefficient (Wildman–Crippen LogP) is 17.1. The Kier molecular flexibility index (Phi) is 10.5. The quantitative estimate of drug-likeness (QED) is 0.118. The highest BCUT2D eigenvalue weighted by Gasteiger charge is 2.41. The van der Waals surface area contributed by atoms with E-state index in [4.69, 9.17) is 0 Å². The smallest absolute Gasteiger partial charge is 0.0465 e. The Hall–Kier alpha value is -7.48. The molecular formula is C61H49N. The third-order valence-electron chi connectivity index (χ3n) is 13.0. The SMILES string of the molecule is CCC1(CC)c2cc(C=Cc3ccc(-c4cc(-c5ccccc5)ccc4-c4ccccc4-c4ccccc4)cc3)ccc2-c2ccc(N(c3ccccc3)c3ccccc3)cc21. The van der Waals surface area contributed by atoms with Crippen molar-refractivity contribution in [1.82, 2.24) is 0 Å². The van der Waals surface area contributed by atoms with Crippen LogP contribution in [0.1, 0.15) is 48.9 Å². The van der Waals surface area contributed by atoms with E-state index in [1.807, 2.05) is 0 Å². The molecule has 0 atom stereocenters. The molecule has 1 heteroatoms. The molecule has 298 valence electrons. The van der Waals surface area contributed by atoms with E-state index in [0.29, 0.717) is 0 Å². The monoisotopic (exact) mass is 795 g/mol. The van der Waals surface area contributed by atoms with Crippen molar-refractivity contribution in [2.24, 2.45) is 0 Å². The van der Waals surface area contributed by atoms with Gasteiger partial charge < -0.3 is 4.90 Å². The standard InChI is InChI=1S/C61H49N/c1-3-61(4-2)59-41-45(33-38-56(59)57-40-37-52(43-60(57)61)62(50-23-13-7-14-24-50)51-25-15-8-16-26-51)30-29-44-31-34-48(35-32-44)58-42-49(46-19-9-5-10-20-46)36-39-55(58)54-28-18-17-27-53(54)47-21-11-6-12-22-47/h5-43H,3-4H2,1-2H3. The highest BCUT2D eigenvalue weighted by atomic mass is 15.1. The number of para-hydroxylation sites is 2. The summed E-state index contributed by atoms with van der Waals surface area (Å²) in [6.07, 6.45) is 6.60. The third kappa shape index (κ3) is 7.16. The molecule has 9 aromatic carbocycles. The Balaban J connectivity index is 0.978. The van der Waals surface area contributed by atoms with E-state index < -0.39 is 0 Å². The summed E-state index contributed by atoms with van der Waals surface area (Å²) in [4.78, 5) is 2.38. The van der Waals surface area contributed by atoms with Gasteiger partial charge in [-0.15, -0.1) is 0 Å². The molecule has 0 saturated heterocycles. The van der Waals surface area contributed by atoms with Gasteiger partial charge in [-0.2, -0.15) is 0 Å². The summed E-state index contributed by atoms with van der Waals surface area (Å²) in [5.41, 5.74) is 21.1. The predicted molar refractivity (Wildman–Crippen MR) is 265 cm³/mol. The summed E-state index contributed by atoms with van der Waals surface area (Å²) in [6, 6.07) is 81.8. The van der Waals surface area contributed by atoms with Gasteiger partial charge >= 0.3 is 0 Å². The first-order valence-corrected chi connectivity index (χ1v) is 22.0. The van der Waals surface area contributed by atoms with E-state index in [1.165, 1.54) is 83.6 Å². The number of anilines is 3. The van der Waals surface area contributed by atoms with Gasteiger partial charge in [0.15, 0.2) is 0 Å². The van der Waals surface area contributed by atoms with Crippen molar-refractivity contribution in [1.29, 1.82) is 0 Å². The van der Waals surface area contributed by atoms with Crippen molar-refractivity contribution >= 4 is 29.2 Å². The maximum atomic E-state index is 2.46. The highest BCUT2D eigenvalue weighted by molar-refractivity contribution is 5.94. The topological polar surface area (TPSA) is 3.24 Å². The van der Waals surface area contributed by atoms with Crippen LogP contribution in [0.2, 0.25) is 0 Å². The Morgan fingerprint density at radius 3 is 1.40 bits per heavy atom. The van der Waals surface area contributed by atoms with Crippen molar-refractivity contribution in [3.8, 4) is 55.6 Å². The van der Waals surface area contributed by atoms with Crippen molar-refractivity contribution in [3.05, 3.63) is 247 Å². The van der Waals surface area contributed by atoms with E-state index in [1.54, 1.807) is 0 Å². The Morgan fingerprint density at radius 2 is 0.774 bits per heavy atom. The van der Waals surface area contributed by atoms with Gasteiger partial charge in [-0.25, -0.2) is 0 Å². The van der Waals surface area contributed by atoms with Crippen LogP contribution in [0.5, 0.6) is 0 Å². The van der Waals surface area contributed by atoms with Crippen LogP contribution in [0, 0.1) is 0 Å². The number of hydrogen-bond acceptors (Lipinski definition) is 1. The summed E-state index contributed by atoms with van der Waals surface area (Å²) in [5, 5.41) is 0. The van der Waals surface area contributed by atoms with Gasteiger partial charge in [-0.1, -0.05) is 208 Å². The largest absolute Gasteiger partial charge is 0.310 e. The zero-order valence-electron chi connectivity index (χ0n) is 35.4. The van der Waals surface area contributed by atoms with Crippen LogP contribution >= 0.6 is 0 Å². The molecule has 0 aliphatic heterocycles. The number of benzene rings is 9. The number of rotatable bonds is 11. The lowest BCUT2D eigenvalue weighted by atomic mass is 9.73. The van der Waals surface area contributed by atoms with E-state index >= 15 is 0 Å². The van der Waals surface area contributed by atoms with E-state index in [9.17, 15) is 0 Å². The Morgan fingerprint density at radius 1 is 0.323 bits per heavy atom. The second kappa shape index (κ2) is 16.9. The molecule has 0 aromatic heterocycles. The van der Waals surface area contributed by atoms with E-state index in [-0.39, 0.29) is 5.41 Å². The minimum Gasteiger partial charge on any atom is -0.310 e. The van der Waals surface area contributed by atoms with Crippen LogP contribution in [0.3, 0.4) is 0 Å². The maximum Gasteiger partial charge on any atom is 0.0465 e. The summed E-state index contributed by atoms with van der Waals surface area (Å²) in [7, 11) is 0. The third-order valence-corrected chi connectivity index (χ3v) is 13.0. The highest BCUT2D eigenvalue weighted by Crippen LogP contribution is 2.54. The molecule has 0 bridgehead atoms. The van der Waals surface area contributed by atoms with Crippen molar-refractivity contribution < 1.29 is 0 Å². The number of hydrogen-bond donors (Lipinski definition) is 0. The summed E-state index contributed by atoms with van der Waals surface area (Å²) in [5.74, 6) is 0. The molecule has 0 saturated carbocycles. The van der Waals surface area contributed by atoms with Gasteiger partial charge in [0.1, 0.15) is 0 Å². The second-order valence-electron chi connectivity index (χ2n) is 16.3. The minimum absolute atomic E-state index is 0.0731. The molecule has 62 heavy (non-hydrogen) atoms. The fourth-order valence-corrected chi connectivity index (χ4v) is 9.74. The molecule has 1 aliphatic carbocycles. The number of fused-ring (bicyclic) bond motifs is 3. The molecule has 0 spiro atoms. The van der Waals surface area contributed by atoms with Gasteiger partial charge in [0.2, 0.25) is 0 Å². The lowest BCUT2D eigenvalue weighted by molar-refractivity contribution is 0.490. The van der Waals surface area contributed by atoms with Gasteiger partial charge in [0.05, 0.1) is 0 Å². The van der Waals surface area contributed by atoms with Crippen molar-refractivity contribution in [2.45, 2.75) is 32.1 Å². The molecular weight excluding hydrogens is 747 g/mol. The molecule has 10 rings (SSSR count). The lowest BCUT2D eigenvalue weighted by Gasteiger charge is -2.32. The van der Waals surface area contributed by atoms with E-state index in [0.717, 1.165) is 24.2 Å². The first-order valence-electron chi connectivity index (χ1n) is 22.0. The van der Waals surface area contributed by atoms with Crippen LogP contribution in [-0.4, -0.2) is 0 Å². The Labute approximate surface area is 367 Å². The molecule has 1 aliphatic rings. The second-order valence-corrected chi connectivity index (χ2v) is 16.3. The Bertz CT molecular complexity index is 2960. The summed E-state index contributed by atoms with van der Waals surface area (Å²) < 4.78 is 0. The average molecular weight is 796 g/mol. The van der Waals surface area contributed by atoms with Crippen molar-refractivity contribution in [3.63, 3.8) is 0 Å². The fourth-order valence-electron chi connectivity index (χ4n) is 9.74.